The van der Waals surface area contributed by atoms with Crippen LogP contribution in [0.1, 0.15) is 30.0 Å². The largest absolute Gasteiger partial charge is 0.345 e. The summed E-state index contributed by atoms with van der Waals surface area (Å²) in [6.07, 6.45) is 0. The van der Waals surface area contributed by atoms with Crippen molar-refractivity contribution < 1.29 is 14.0 Å². The number of nitrogens with zero attached hydrogens (tertiary/aromatic N) is 3. The number of hydrogen-bond donors (Lipinski definition) is 1. The highest BCUT2D eigenvalue weighted by molar-refractivity contribution is 5.95. The van der Waals surface area contributed by atoms with Gasteiger partial charge >= 0.3 is 0 Å². The number of carbonyl (C=O) groups excluding carboxylic acids is 2. The van der Waals surface area contributed by atoms with Crippen LogP contribution >= 0.6 is 0 Å². The second kappa shape index (κ2) is 9.65. The Morgan fingerprint density at radius 1 is 0.970 bits per heavy atom. The molecule has 3 aromatic carbocycles. The third-order valence-corrected chi connectivity index (χ3v) is 5.36. The van der Waals surface area contributed by atoms with E-state index in [2.05, 4.69) is 10.3 Å². The number of rotatable bonds is 7. The second-order valence-electron chi connectivity index (χ2n) is 7.99. The zero-order chi connectivity index (χ0) is 23.4. The fraction of sp³-hybridized carbons (Fsp3) is 0.192. The molecular formula is C26H25FN4O2. The summed E-state index contributed by atoms with van der Waals surface area (Å²) >= 11 is 0. The van der Waals surface area contributed by atoms with Gasteiger partial charge in [-0.15, -0.1) is 0 Å². The Bertz CT molecular complexity index is 1270. The van der Waals surface area contributed by atoms with Gasteiger partial charge in [-0.2, -0.15) is 0 Å². The highest BCUT2D eigenvalue weighted by Crippen LogP contribution is 2.20. The van der Waals surface area contributed by atoms with E-state index >= 15 is 0 Å². The number of imidazole rings is 1. The average molecular weight is 445 g/mol. The molecule has 0 aliphatic carbocycles. The van der Waals surface area contributed by atoms with Gasteiger partial charge in [0.15, 0.2) is 0 Å². The molecule has 4 aromatic rings. The fourth-order valence-electron chi connectivity index (χ4n) is 3.83. The van der Waals surface area contributed by atoms with Crippen molar-refractivity contribution in [2.75, 3.05) is 4.90 Å². The molecule has 4 rings (SSSR count). The van der Waals surface area contributed by atoms with E-state index in [9.17, 15) is 14.0 Å². The third-order valence-electron chi connectivity index (χ3n) is 5.36. The van der Waals surface area contributed by atoms with Gasteiger partial charge in [0.05, 0.1) is 17.6 Å². The number of para-hydroxylation sites is 3. The fourth-order valence-corrected chi connectivity index (χ4v) is 3.83. The molecule has 2 amide bonds. The van der Waals surface area contributed by atoms with Gasteiger partial charge in [0.2, 0.25) is 5.91 Å². The minimum atomic E-state index is -0.403. The number of benzene rings is 3. The van der Waals surface area contributed by atoms with Crippen LogP contribution in [0.5, 0.6) is 0 Å². The Morgan fingerprint density at radius 3 is 2.33 bits per heavy atom. The van der Waals surface area contributed by atoms with E-state index in [1.807, 2.05) is 73.0 Å². The zero-order valence-electron chi connectivity index (χ0n) is 18.5. The maximum Gasteiger partial charge on any atom is 0.251 e. The summed E-state index contributed by atoms with van der Waals surface area (Å²) in [4.78, 5) is 32.3. The van der Waals surface area contributed by atoms with Gasteiger partial charge in [0.1, 0.15) is 18.2 Å². The molecule has 168 valence electrons. The van der Waals surface area contributed by atoms with Crippen LogP contribution in [-0.2, 0) is 17.9 Å². The number of halogens is 1. The average Bonchev–Trinajstić information content (AvgIpc) is 3.16. The van der Waals surface area contributed by atoms with E-state index in [0.29, 0.717) is 11.4 Å². The van der Waals surface area contributed by atoms with E-state index in [4.69, 9.17) is 0 Å². The van der Waals surface area contributed by atoms with Gasteiger partial charge in [0, 0.05) is 17.3 Å². The normalized spacial score (nSPS) is 11.0. The second-order valence-corrected chi connectivity index (χ2v) is 7.99. The van der Waals surface area contributed by atoms with E-state index in [1.165, 1.54) is 24.3 Å². The van der Waals surface area contributed by atoms with Crippen molar-refractivity contribution in [1.82, 2.24) is 14.9 Å². The quantitative estimate of drug-likeness (QED) is 0.455. The van der Waals surface area contributed by atoms with Crippen molar-refractivity contribution in [2.45, 2.75) is 33.0 Å². The first kappa shape index (κ1) is 22.2. The number of anilines is 1. The molecule has 0 aliphatic heterocycles. The van der Waals surface area contributed by atoms with Crippen LogP contribution in [0.2, 0.25) is 0 Å². The minimum Gasteiger partial charge on any atom is -0.345 e. The Labute approximate surface area is 191 Å². The van der Waals surface area contributed by atoms with Crippen LogP contribution in [0.15, 0.2) is 78.9 Å². The molecule has 1 N–H and O–H groups in total. The molecule has 0 unspecified atom stereocenters. The van der Waals surface area contributed by atoms with E-state index in [-0.39, 0.29) is 30.9 Å². The van der Waals surface area contributed by atoms with E-state index < -0.39 is 5.82 Å². The maximum absolute atomic E-state index is 13.4. The first-order valence-electron chi connectivity index (χ1n) is 10.8. The predicted molar refractivity (Wildman–Crippen MR) is 126 cm³/mol. The highest BCUT2D eigenvalue weighted by atomic mass is 19.1. The third kappa shape index (κ3) is 4.92. The number of nitrogens with one attached hydrogen (secondary N) is 1. The van der Waals surface area contributed by atoms with E-state index in [1.54, 1.807) is 4.90 Å². The molecular weight excluding hydrogens is 419 g/mol. The molecule has 0 radical (unpaired) electrons. The molecule has 1 heterocycles. The molecule has 33 heavy (non-hydrogen) atoms. The van der Waals surface area contributed by atoms with Crippen molar-refractivity contribution in [3.8, 4) is 0 Å². The molecule has 0 fully saturated rings. The Balaban J connectivity index is 1.60. The maximum atomic E-state index is 13.4. The molecule has 0 saturated carbocycles. The SMILES string of the molecule is CC(C)N(C(=O)Cn1c(CNC(=O)c2ccc(F)cc2)nc2ccccc21)c1ccccc1. The highest BCUT2D eigenvalue weighted by Gasteiger charge is 2.22. The molecule has 0 atom stereocenters. The first-order chi connectivity index (χ1) is 15.9. The summed E-state index contributed by atoms with van der Waals surface area (Å²) in [6, 6.07) is 22.4. The molecule has 0 saturated heterocycles. The summed E-state index contributed by atoms with van der Waals surface area (Å²) in [5.74, 6) is -0.254. The van der Waals surface area contributed by atoms with Gasteiger partial charge in [-0.3, -0.25) is 9.59 Å². The standard InChI is InChI=1S/C26H25FN4O2/c1-18(2)31(21-8-4-3-5-9-21)25(32)17-30-23-11-7-6-10-22(23)29-24(30)16-28-26(33)19-12-14-20(27)15-13-19/h3-15,18H,16-17H2,1-2H3,(H,28,33). The summed E-state index contributed by atoms with van der Waals surface area (Å²) in [6.45, 7) is 4.15. The summed E-state index contributed by atoms with van der Waals surface area (Å²) in [5.41, 5.74) is 2.74. The summed E-state index contributed by atoms with van der Waals surface area (Å²) in [7, 11) is 0. The van der Waals surface area contributed by atoms with Crippen LogP contribution in [-0.4, -0.2) is 27.4 Å². The lowest BCUT2D eigenvalue weighted by molar-refractivity contribution is -0.119. The van der Waals surface area contributed by atoms with Crippen LogP contribution in [0.25, 0.3) is 11.0 Å². The summed E-state index contributed by atoms with van der Waals surface area (Å²) < 4.78 is 15.0. The lowest BCUT2D eigenvalue weighted by Crippen LogP contribution is -2.39. The van der Waals surface area contributed by atoms with Crippen LogP contribution in [0, 0.1) is 5.82 Å². The lowest BCUT2D eigenvalue weighted by atomic mass is 10.2. The monoisotopic (exact) mass is 444 g/mol. The lowest BCUT2D eigenvalue weighted by Gasteiger charge is -2.27. The van der Waals surface area contributed by atoms with Crippen molar-refractivity contribution in [3.05, 3.63) is 96.1 Å². The van der Waals surface area contributed by atoms with Crippen LogP contribution in [0.3, 0.4) is 0 Å². The molecule has 7 heteroatoms. The van der Waals surface area contributed by atoms with Gasteiger partial charge in [0.25, 0.3) is 5.91 Å². The van der Waals surface area contributed by atoms with E-state index in [0.717, 1.165) is 16.7 Å². The van der Waals surface area contributed by atoms with Gasteiger partial charge in [-0.1, -0.05) is 30.3 Å². The molecule has 6 nitrogen and oxygen atoms in total. The minimum absolute atomic E-state index is 0.0312. The van der Waals surface area contributed by atoms with Crippen molar-refractivity contribution >= 4 is 28.5 Å². The van der Waals surface area contributed by atoms with Crippen molar-refractivity contribution in [2.24, 2.45) is 0 Å². The van der Waals surface area contributed by atoms with Crippen molar-refractivity contribution in [3.63, 3.8) is 0 Å². The van der Waals surface area contributed by atoms with Crippen molar-refractivity contribution in [1.29, 1.82) is 0 Å². The smallest absolute Gasteiger partial charge is 0.251 e. The Morgan fingerprint density at radius 2 is 1.64 bits per heavy atom. The summed E-state index contributed by atoms with van der Waals surface area (Å²) in [5, 5.41) is 2.82. The molecule has 0 bridgehead atoms. The van der Waals surface area contributed by atoms with Crippen LogP contribution in [0.4, 0.5) is 10.1 Å². The van der Waals surface area contributed by atoms with Gasteiger partial charge in [-0.05, 0) is 62.4 Å². The van der Waals surface area contributed by atoms with Crippen LogP contribution < -0.4 is 10.2 Å². The molecule has 1 aromatic heterocycles. The topological polar surface area (TPSA) is 67.2 Å². The van der Waals surface area contributed by atoms with Gasteiger partial charge < -0.3 is 14.8 Å². The molecule has 0 aliphatic rings. The number of fused-ring (bicyclic) bond motifs is 1. The molecule has 0 spiro atoms. The number of aromatic nitrogens is 2. The number of hydrogen-bond acceptors (Lipinski definition) is 3. The Kier molecular flexibility index (Phi) is 6.49. The first-order valence-corrected chi connectivity index (χ1v) is 10.8. The number of carbonyl (C=O) groups is 2. The number of amides is 2. The zero-order valence-corrected chi connectivity index (χ0v) is 18.5. The Hall–Kier alpha value is -4.00. The predicted octanol–water partition coefficient (Wildman–Crippen LogP) is 4.55. The van der Waals surface area contributed by atoms with Gasteiger partial charge in [-0.25, -0.2) is 9.37 Å².